The summed E-state index contributed by atoms with van der Waals surface area (Å²) >= 11 is 0. The Morgan fingerprint density at radius 2 is 1.64 bits per heavy atom. The summed E-state index contributed by atoms with van der Waals surface area (Å²) in [5, 5.41) is 18.3. The highest BCUT2D eigenvalue weighted by atomic mass is 14.7. The smallest absolute Gasteiger partial charge is 0.0998 e. The average Bonchev–Trinajstić information content (AvgIpc) is 2.62. The lowest BCUT2D eigenvalue weighted by atomic mass is 9.96. The number of hydrogen-bond donors (Lipinski definition) is 0. The van der Waals surface area contributed by atoms with E-state index in [-0.39, 0.29) is 0 Å². The third-order valence-electron chi connectivity index (χ3n) is 3.40. The predicted octanol–water partition coefficient (Wildman–Crippen LogP) is 4.16. The number of hydrogen-bond acceptors (Lipinski definition) is 3. The van der Waals surface area contributed by atoms with Gasteiger partial charge < -0.3 is 0 Å². The van der Waals surface area contributed by atoms with E-state index in [1.54, 1.807) is 18.3 Å². The minimum Gasteiger partial charge on any atom is -0.256 e. The number of benzene rings is 2. The molecule has 0 amide bonds. The lowest BCUT2D eigenvalue weighted by molar-refractivity contribution is 1.33. The molecule has 3 nitrogen and oxygen atoms in total. The van der Waals surface area contributed by atoms with Gasteiger partial charge in [-0.1, -0.05) is 30.3 Å². The summed E-state index contributed by atoms with van der Waals surface area (Å²) in [5.41, 5.74) is 4.62. The van der Waals surface area contributed by atoms with Crippen molar-refractivity contribution >= 4 is 0 Å². The Bertz CT molecular complexity index is 900. The van der Waals surface area contributed by atoms with Crippen LogP contribution in [-0.2, 0) is 0 Å². The molecule has 0 unspecified atom stereocenters. The van der Waals surface area contributed by atoms with Gasteiger partial charge >= 0.3 is 0 Å². The number of nitriles is 2. The van der Waals surface area contributed by atoms with E-state index in [1.807, 2.05) is 48.5 Å². The largest absolute Gasteiger partial charge is 0.256 e. The molecule has 1 heterocycles. The average molecular weight is 281 g/mol. The maximum atomic E-state index is 9.31. The van der Waals surface area contributed by atoms with Gasteiger partial charge in [0, 0.05) is 11.8 Å². The molecule has 0 spiro atoms. The van der Waals surface area contributed by atoms with Crippen molar-refractivity contribution in [1.29, 1.82) is 10.5 Å². The van der Waals surface area contributed by atoms with E-state index >= 15 is 0 Å². The molecule has 0 N–H and O–H groups in total. The second-order valence-electron chi connectivity index (χ2n) is 4.78. The molecule has 102 valence electrons. The molecule has 0 fully saturated rings. The molecular weight excluding hydrogens is 270 g/mol. The zero-order valence-corrected chi connectivity index (χ0v) is 11.7. The van der Waals surface area contributed by atoms with Crippen molar-refractivity contribution in [3.05, 3.63) is 78.0 Å². The Morgan fingerprint density at radius 1 is 0.773 bits per heavy atom. The Morgan fingerprint density at radius 3 is 2.36 bits per heavy atom. The molecule has 0 saturated heterocycles. The van der Waals surface area contributed by atoms with Gasteiger partial charge in [0.1, 0.15) is 0 Å². The van der Waals surface area contributed by atoms with Crippen LogP contribution in [0.1, 0.15) is 11.1 Å². The lowest BCUT2D eigenvalue weighted by Gasteiger charge is -2.07. The van der Waals surface area contributed by atoms with Crippen LogP contribution in [-0.4, -0.2) is 4.98 Å². The molecule has 0 saturated carbocycles. The van der Waals surface area contributed by atoms with Gasteiger partial charge in [0.25, 0.3) is 0 Å². The van der Waals surface area contributed by atoms with Gasteiger partial charge in [-0.15, -0.1) is 0 Å². The normalized spacial score (nSPS) is 9.73. The summed E-state index contributed by atoms with van der Waals surface area (Å²) in [4.78, 5) is 4.35. The fourth-order valence-electron chi connectivity index (χ4n) is 2.34. The number of rotatable bonds is 2. The summed E-state index contributed by atoms with van der Waals surface area (Å²) in [5.74, 6) is 0. The van der Waals surface area contributed by atoms with Crippen molar-refractivity contribution in [2.24, 2.45) is 0 Å². The van der Waals surface area contributed by atoms with Gasteiger partial charge in [0.05, 0.1) is 29.0 Å². The monoisotopic (exact) mass is 281 g/mol. The lowest BCUT2D eigenvalue weighted by Crippen LogP contribution is -1.88. The molecule has 3 rings (SSSR count). The summed E-state index contributed by atoms with van der Waals surface area (Å²) in [6.45, 7) is 0. The maximum Gasteiger partial charge on any atom is 0.0998 e. The van der Waals surface area contributed by atoms with Crippen LogP contribution in [0.2, 0.25) is 0 Å². The van der Waals surface area contributed by atoms with E-state index < -0.39 is 0 Å². The van der Waals surface area contributed by atoms with Crippen LogP contribution >= 0.6 is 0 Å². The van der Waals surface area contributed by atoms with Crippen molar-refractivity contribution < 1.29 is 0 Å². The minimum atomic E-state index is 0.487. The van der Waals surface area contributed by atoms with Gasteiger partial charge in [-0.25, -0.2) is 0 Å². The Hall–Kier alpha value is -3.43. The standard InChI is InChI=1S/C19H11N3/c20-12-14-7-8-18(17(10-14)13-21)15-4-3-5-16(11-15)19-6-1-2-9-22-19/h1-11H. The molecule has 0 aliphatic rings. The highest BCUT2D eigenvalue weighted by molar-refractivity contribution is 5.75. The van der Waals surface area contributed by atoms with Gasteiger partial charge in [0.15, 0.2) is 0 Å². The van der Waals surface area contributed by atoms with Crippen molar-refractivity contribution in [2.75, 3.05) is 0 Å². The first kappa shape index (κ1) is 13.5. The summed E-state index contributed by atoms with van der Waals surface area (Å²) in [6, 6.07) is 23.0. The summed E-state index contributed by atoms with van der Waals surface area (Å²) in [6.07, 6.45) is 1.75. The molecule has 3 aromatic rings. The van der Waals surface area contributed by atoms with Crippen molar-refractivity contribution in [3.63, 3.8) is 0 Å². The predicted molar refractivity (Wildman–Crippen MR) is 84.5 cm³/mol. The minimum absolute atomic E-state index is 0.487. The zero-order valence-electron chi connectivity index (χ0n) is 11.7. The first-order valence-electron chi connectivity index (χ1n) is 6.78. The zero-order chi connectivity index (χ0) is 15.4. The van der Waals surface area contributed by atoms with Crippen molar-refractivity contribution in [2.45, 2.75) is 0 Å². The van der Waals surface area contributed by atoms with Crippen molar-refractivity contribution in [3.8, 4) is 34.5 Å². The van der Waals surface area contributed by atoms with Crippen LogP contribution in [0.3, 0.4) is 0 Å². The third kappa shape index (κ3) is 2.57. The van der Waals surface area contributed by atoms with E-state index in [9.17, 15) is 5.26 Å². The Labute approximate surface area is 128 Å². The van der Waals surface area contributed by atoms with Crippen LogP contribution < -0.4 is 0 Å². The quantitative estimate of drug-likeness (QED) is 0.708. The molecule has 0 aliphatic heterocycles. The summed E-state index contributed by atoms with van der Waals surface area (Å²) < 4.78 is 0. The highest BCUT2D eigenvalue weighted by Gasteiger charge is 2.08. The molecule has 0 bridgehead atoms. The first-order chi connectivity index (χ1) is 10.8. The van der Waals surface area contributed by atoms with Gasteiger partial charge in [-0.2, -0.15) is 10.5 Å². The van der Waals surface area contributed by atoms with Gasteiger partial charge in [-0.05, 0) is 41.5 Å². The van der Waals surface area contributed by atoms with E-state index in [0.29, 0.717) is 11.1 Å². The molecule has 3 heteroatoms. The Balaban J connectivity index is 2.11. The van der Waals surface area contributed by atoms with E-state index in [4.69, 9.17) is 5.26 Å². The maximum absolute atomic E-state index is 9.31. The second kappa shape index (κ2) is 5.91. The second-order valence-corrected chi connectivity index (χ2v) is 4.78. The Kier molecular flexibility index (Phi) is 3.64. The van der Waals surface area contributed by atoms with Crippen LogP contribution in [0.25, 0.3) is 22.4 Å². The number of aromatic nitrogens is 1. The molecule has 0 aliphatic carbocycles. The molecule has 0 atom stereocenters. The van der Waals surface area contributed by atoms with Crippen LogP contribution in [0.4, 0.5) is 0 Å². The first-order valence-corrected chi connectivity index (χ1v) is 6.78. The van der Waals surface area contributed by atoms with Gasteiger partial charge in [-0.3, -0.25) is 4.98 Å². The molecule has 2 aromatic carbocycles. The van der Waals surface area contributed by atoms with E-state index in [2.05, 4.69) is 17.1 Å². The third-order valence-corrected chi connectivity index (χ3v) is 3.40. The summed E-state index contributed by atoms with van der Waals surface area (Å²) in [7, 11) is 0. The van der Waals surface area contributed by atoms with Gasteiger partial charge in [0.2, 0.25) is 0 Å². The molecule has 22 heavy (non-hydrogen) atoms. The van der Waals surface area contributed by atoms with E-state index in [0.717, 1.165) is 22.4 Å². The molecule has 0 radical (unpaired) electrons. The highest BCUT2D eigenvalue weighted by Crippen LogP contribution is 2.28. The van der Waals surface area contributed by atoms with E-state index in [1.165, 1.54) is 0 Å². The molecular formula is C19H11N3. The van der Waals surface area contributed by atoms with Crippen LogP contribution in [0, 0.1) is 22.7 Å². The molecule has 1 aromatic heterocycles. The number of pyridine rings is 1. The van der Waals surface area contributed by atoms with Crippen LogP contribution in [0.5, 0.6) is 0 Å². The fourth-order valence-corrected chi connectivity index (χ4v) is 2.34. The fraction of sp³-hybridized carbons (Fsp3) is 0. The SMILES string of the molecule is N#Cc1ccc(-c2cccc(-c3ccccn3)c2)c(C#N)c1. The topological polar surface area (TPSA) is 60.5 Å². The van der Waals surface area contributed by atoms with Crippen LogP contribution in [0.15, 0.2) is 66.9 Å². The number of nitrogens with zero attached hydrogens (tertiary/aromatic N) is 3. The van der Waals surface area contributed by atoms with Crippen molar-refractivity contribution in [1.82, 2.24) is 4.98 Å².